The Morgan fingerprint density at radius 2 is 1.96 bits per heavy atom. The molecule has 2 N–H and O–H groups in total. The van der Waals surface area contributed by atoms with Gasteiger partial charge in [-0.05, 0) is 12.1 Å². The van der Waals surface area contributed by atoms with Crippen LogP contribution in [0.3, 0.4) is 0 Å². The van der Waals surface area contributed by atoms with Gasteiger partial charge in [0.05, 0.1) is 12.0 Å². The van der Waals surface area contributed by atoms with Gasteiger partial charge in [-0.25, -0.2) is 9.13 Å². The summed E-state index contributed by atoms with van der Waals surface area (Å²) in [5, 5.41) is 11.0. The Morgan fingerprint density at radius 3 is 2.63 bits per heavy atom. The molecule has 0 aliphatic heterocycles. The van der Waals surface area contributed by atoms with E-state index in [-0.39, 0.29) is 35.0 Å². The quantitative estimate of drug-likeness (QED) is 0.235. The van der Waals surface area contributed by atoms with Crippen LogP contribution in [0.5, 0.6) is 0 Å². The van der Waals surface area contributed by atoms with Crippen LogP contribution in [-0.4, -0.2) is 15.3 Å². The molecule has 3 rings (SSSR count). The van der Waals surface area contributed by atoms with E-state index in [1.807, 2.05) is 6.07 Å². The smallest absolute Gasteiger partial charge is 0.355 e. The number of carbonyl (C=O) groups is 1. The number of Topliss-reactive ketones (excluding diaryl/α,β-unsaturated/α-hetero) is 1. The van der Waals surface area contributed by atoms with Gasteiger partial charge in [-0.1, -0.05) is 40.2 Å². The molecule has 3 aromatic rings. The second-order valence-corrected chi connectivity index (χ2v) is 6.72. The maximum atomic E-state index is 12.5. The van der Waals surface area contributed by atoms with Crippen LogP contribution in [0.1, 0.15) is 10.4 Å². The van der Waals surface area contributed by atoms with E-state index in [0.717, 1.165) is 4.47 Å². The SMILES string of the molecule is Cn1c(-c2cccc([N+](=O)[O-])c2)c[n+](CC(=O)c2cccc(Br)c2)c1N.[Br-]. The van der Waals surface area contributed by atoms with Crippen molar-refractivity contribution in [2.75, 3.05) is 5.73 Å². The minimum absolute atomic E-state index is 0. The van der Waals surface area contributed by atoms with Gasteiger partial charge in [-0.15, -0.1) is 0 Å². The number of nitrogens with two attached hydrogens (primary N) is 1. The number of ketones is 1. The van der Waals surface area contributed by atoms with E-state index in [1.54, 1.807) is 52.7 Å². The molecule has 0 atom stereocenters. The number of halogens is 2. The number of hydrogen-bond donors (Lipinski definition) is 1. The number of anilines is 1. The van der Waals surface area contributed by atoms with Crippen molar-refractivity contribution in [1.82, 2.24) is 4.57 Å². The van der Waals surface area contributed by atoms with E-state index in [4.69, 9.17) is 5.73 Å². The molecular weight excluding hydrogens is 480 g/mol. The minimum atomic E-state index is -0.444. The van der Waals surface area contributed by atoms with Crippen LogP contribution in [0.15, 0.2) is 59.2 Å². The molecule has 0 fully saturated rings. The number of non-ortho nitro benzene ring substituents is 1. The second kappa shape index (κ2) is 8.45. The highest BCUT2D eigenvalue weighted by Gasteiger charge is 2.21. The average molecular weight is 496 g/mol. The Morgan fingerprint density at radius 1 is 1.26 bits per heavy atom. The summed E-state index contributed by atoms with van der Waals surface area (Å²) in [6, 6.07) is 13.4. The lowest BCUT2D eigenvalue weighted by Gasteiger charge is -2.01. The number of benzene rings is 2. The van der Waals surface area contributed by atoms with E-state index >= 15 is 0 Å². The molecule has 0 spiro atoms. The maximum Gasteiger partial charge on any atom is 0.355 e. The molecule has 0 bridgehead atoms. The van der Waals surface area contributed by atoms with Crippen molar-refractivity contribution < 1.29 is 31.3 Å². The molecule has 9 heteroatoms. The van der Waals surface area contributed by atoms with Gasteiger partial charge in [-0.2, -0.15) is 0 Å². The van der Waals surface area contributed by atoms with E-state index < -0.39 is 4.92 Å². The largest absolute Gasteiger partial charge is 1.00 e. The van der Waals surface area contributed by atoms with Crippen LogP contribution in [0, 0.1) is 10.1 Å². The number of nitrogen functional groups attached to an aromatic ring is 1. The van der Waals surface area contributed by atoms with Gasteiger partial charge in [0.1, 0.15) is 18.4 Å². The summed E-state index contributed by atoms with van der Waals surface area (Å²) in [6.45, 7) is 0.0745. The number of aromatic nitrogens is 2. The standard InChI is InChI=1S/C18H15BrN4O3.BrH/c1-21-16(12-4-3-7-15(9-12)23(25)26)10-22(18(21)20)11-17(24)13-5-2-6-14(19)8-13;/h2-10,20H,11H2,1H3;1H. The third-order valence-corrected chi connectivity index (χ3v) is 4.58. The van der Waals surface area contributed by atoms with Gasteiger partial charge < -0.3 is 17.0 Å². The predicted molar refractivity (Wildman–Crippen MR) is 101 cm³/mol. The van der Waals surface area contributed by atoms with Crippen LogP contribution < -0.4 is 27.3 Å². The predicted octanol–water partition coefficient (Wildman–Crippen LogP) is 0.119. The van der Waals surface area contributed by atoms with Gasteiger partial charge in [0.15, 0.2) is 5.78 Å². The van der Waals surface area contributed by atoms with Crippen LogP contribution >= 0.6 is 15.9 Å². The normalized spacial score (nSPS) is 10.3. The molecule has 0 saturated carbocycles. The number of rotatable bonds is 5. The monoisotopic (exact) mass is 494 g/mol. The molecule has 0 saturated heterocycles. The highest BCUT2D eigenvalue weighted by atomic mass is 79.9. The van der Waals surface area contributed by atoms with Crippen molar-refractivity contribution in [3.8, 4) is 11.3 Å². The molecule has 140 valence electrons. The first-order valence-electron chi connectivity index (χ1n) is 7.75. The van der Waals surface area contributed by atoms with Crippen LogP contribution in [-0.2, 0) is 13.6 Å². The van der Waals surface area contributed by atoms with Crippen LogP contribution in [0.25, 0.3) is 11.3 Å². The summed E-state index contributed by atoms with van der Waals surface area (Å²) < 4.78 is 4.16. The lowest BCUT2D eigenvalue weighted by atomic mass is 10.1. The van der Waals surface area contributed by atoms with Crippen molar-refractivity contribution in [3.05, 3.63) is 74.9 Å². The molecule has 0 aliphatic carbocycles. The van der Waals surface area contributed by atoms with Gasteiger partial charge in [0, 0.05) is 27.7 Å². The fraction of sp³-hybridized carbons (Fsp3) is 0.111. The fourth-order valence-electron chi connectivity index (χ4n) is 2.70. The maximum absolute atomic E-state index is 12.5. The number of nitro groups is 1. The van der Waals surface area contributed by atoms with E-state index in [2.05, 4.69) is 15.9 Å². The van der Waals surface area contributed by atoms with Crippen molar-refractivity contribution in [2.45, 2.75) is 6.54 Å². The van der Waals surface area contributed by atoms with Gasteiger partial charge >= 0.3 is 5.95 Å². The van der Waals surface area contributed by atoms with Crippen molar-refractivity contribution in [2.24, 2.45) is 7.05 Å². The molecule has 0 amide bonds. The lowest BCUT2D eigenvalue weighted by molar-refractivity contribution is -0.667. The number of hydrogen-bond acceptors (Lipinski definition) is 4. The molecule has 0 aliphatic rings. The molecule has 1 aromatic heterocycles. The molecule has 27 heavy (non-hydrogen) atoms. The number of imidazole rings is 1. The third kappa shape index (κ3) is 4.42. The zero-order chi connectivity index (χ0) is 18.8. The van der Waals surface area contributed by atoms with E-state index in [9.17, 15) is 14.9 Å². The highest BCUT2D eigenvalue weighted by molar-refractivity contribution is 9.10. The van der Waals surface area contributed by atoms with E-state index in [0.29, 0.717) is 22.8 Å². The van der Waals surface area contributed by atoms with E-state index in [1.165, 1.54) is 12.1 Å². The fourth-order valence-corrected chi connectivity index (χ4v) is 3.10. The summed E-state index contributed by atoms with van der Waals surface area (Å²) in [6.07, 6.45) is 1.73. The first-order chi connectivity index (χ1) is 12.4. The summed E-state index contributed by atoms with van der Waals surface area (Å²) in [5.74, 6) is 0.300. The zero-order valence-corrected chi connectivity index (χ0v) is 17.5. The minimum Gasteiger partial charge on any atom is -1.00 e. The van der Waals surface area contributed by atoms with Crippen LogP contribution in [0.2, 0.25) is 0 Å². The van der Waals surface area contributed by atoms with Gasteiger partial charge in [0.2, 0.25) is 0 Å². The Labute approximate surface area is 174 Å². The summed E-state index contributed by atoms with van der Waals surface area (Å²) in [4.78, 5) is 23.1. The molecule has 2 aromatic carbocycles. The molecule has 7 nitrogen and oxygen atoms in total. The Balaban J connectivity index is 0.00000261. The Bertz CT molecular complexity index is 1020. The second-order valence-electron chi connectivity index (χ2n) is 5.80. The van der Waals surface area contributed by atoms with Crippen molar-refractivity contribution in [3.63, 3.8) is 0 Å². The number of nitrogens with zero attached hydrogens (tertiary/aromatic N) is 3. The number of nitro benzene ring substituents is 1. The average Bonchev–Trinajstić information content (AvgIpc) is 2.90. The highest BCUT2D eigenvalue weighted by Crippen LogP contribution is 2.24. The summed E-state index contributed by atoms with van der Waals surface area (Å²) in [5.41, 5.74) is 8.04. The zero-order valence-electron chi connectivity index (χ0n) is 14.3. The molecule has 1 heterocycles. The van der Waals surface area contributed by atoms with Crippen molar-refractivity contribution in [1.29, 1.82) is 0 Å². The topological polar surface area (TPSA) is 95.0 Å². The first kappa shape index (κ1) is 20.8. The number of carbonyl (C=O) groups excluding carboxylic acids is 1. The summed E-state index contributed by atoms with van der Waals surface area (Å²) in [7, 11) is 1.75. The molecular formula is C18H16Br2N4O3. The van der Waals surface area contributed by atoms with Gasteiger partial charge in [-0.3, -0.25) is 20.6 Å². The third-order valence-electron chi connectivity index (χ3n) is 4.09. The first-order valence-corrected chi connectivity index (χ1v) is 8.54. The Hall–Kier alpha value is -2.52. The van der Waals surface area contributed by atoms with Gasteiger partial charge in [0.25, 0.3) is 5.69 Å². The molecule has 0 unspecified atom stereocenters. The van der Waals surface area contributed by atoms with Crippen LogP contribution in [0.4, 0.5) is 11.6 Å². The lowest BCUT2D eigenvalue weighted by Crippen LogP contribution is -3.00. The summed E-state index contributed by atoms with van der Waals surface area (Å²) >= 11 is 3.35. The van der Waals surface area contributed by atoms with Crippen molar-refractivity contribution >= 4 is 33.3 Å². The molecule has 0 radical (unpaired) electrons. The Kier molecular flexibility index (Phi) is 6.50.